The second-order valence-electron chi connectivity index (χ2n) is 3.28. The van der Waals surface area contributed by atoms with Crippen LogP contribution >= 0.6 is 7.82 Å². The molecule has 0 radical (unpaired) electrons. The summed E-state index contributed by atoms with van der Waals surface area (Å²) in [6, 6.07) is 0. The zero-order chi connectivity index (χ0) is 12.5. The normalized spacial score (nSPS) is 41.0. The summed E-state index contributed by atoms with van der Waals surface area (Å²) in [5.74, 6) is 0. The van der Waals surface area contributed by atoms with Gasteiger partial charge in [-0.3, -0.25) is 4.52 Å². The Balaban J connectivity index is 2.57. The maximum absolute atomic E-state index is 12.9. The Labute approximate surface area is 89.5 Å². The van der Waals surface area contributed by atoms with E-state index in [1.165, 1.54) is 0 Å². The average molecular weight is 262 g/mol. The molecule has 1 aliphatic heterocycles. The highest BCUT2D eigenvalue weighted by Crippen LogP contribution is 2.36. The van der Waals surface area contributed by atoms with Gasteiger partial charge in [0.25, 0.3) is 0 Å². The molecular weight excluding hydrogens is 250 g/mol. The summed E-state index contributed by atoms with van der Waals surface area (Å²) in [6.07, 6.45) is -9.26. The SMILES string of the molecule is O=P(O)(O)OCC1OC(O)C(F)[C@@H](O)[C@@H]1O. The number of aliphatic hydroxyl groups excluding tert-OH is 3. The summed E-state index contributed by atoms with van der Waals surface area (Å²) in [4.78, 5) is 16.7. The van der Waals surface area contributed by atoms with E-state index in [-0.39, 0.29) is 0 Å². The van der Waals surface area contributed by atoms with Crippen LogP contribution in [0.3, 0.4) is 0 Å². The van der Waals surface area contributed by atoms with Gasteiger partial charge in [-0.2, -0.15) is 0 Å². The Morgan fingerprint density at radius 3 is 2.31 bits per heavy atom. The van der Waals surface area contributed by atoms with Crippen molar-refractivity contribution in [3.63, 3.8) is 0 Å². The fourth-order valence-corrected chi connectivity index (χ4v) is 1.56. The molecule has 0 aromatic rings. The molecule has 0 aromatic carbocycles. The van der Waals surface area contributed by atoms with E-state index < -0.39 is 45.2 Å². The summed E-state index contributed by atoms with van der Waals surface area (Å²) in [7, 11) is -4.76. The van der Waals surface area contributed by atoms with E-state index in [1.807, 2.05) is 0 Å². The molecule has 1 rings (SSSR count). The first-order valence-electron chi connectivity index (χ1n) is 4.26. The molecule has 1 fully saturated rings. The van der Waals surface area contributed by atoms with Crippen LogP contribution in [0.25, 0.3) is 0 Å². The molecule has 0 spiro atoms. The summed E-state index contributed by atoms with van der Waals surface area (Å²) in [5, 5.41) is 27.3. The standard InChI is InChI=1S/C6H12FO8P/c7-3-5(9)4(8)2(15-6(3)10)1-14-16(11,12)13/h2-6,8-10H,1H2,(H2,11,12,13)/t2?,3?,4-,5-,6?/m1/s1. The third-order valence-electron chi connectivity index (χ3n) is 2.05. The van der Waals surface area contributed by atoms with Crippen molar-refractivity contribution in [2.24, 2.45) is 0 Å². The number of phosphoric ester groups is 1. The molecule has 0 amide bonds. The van der Waals surface area contributed by atoms with Gasteiger partial charge in [0, 0.05) is 0 Å². The quantitative estimate of drug-likeness (QED) is 0.364. The zero-order valence-corrected chi connectivity index (χ0v) is 8.77. The van der Waals surface area contributed by atoms with Crippen molar-refractivity contribution in [3.8, 4) is 0 Å². The van der Waals surface area contributed by atoms with Gasteiger partial charge in [-0.1, -0.05) is 0 Å². The second-order valence-corrected chi connectivity index (χ2v) is 4.52. The number of rotatable bonds is 3. The van der Waals surface area contributed by atoms with Gasteiger partial charge in [0.05, 0.1) is 6.61 Å². The first-order chi connectivity index (χ1) is 7.22. The highest BCUT2D eigenvalue weighted by molar-refractivity contribution is 7.46. The molecule has 8 nitrogen and oxygen atoms in total. The minimum Gasteiger partial charge on any atom is -0.387 e. The average Bonchev–Trinajstić information content (AvgIpc) is 2.17. The highest BCUT2D eigenvalue weighted by atomic mass is 31.2. The number of phosphoric acid groups is 1. The number of hydrogen-bond acceptors (Lipinski definition) is 6. The maximum atomic E-state index is 12.9. The van der Waals surface area contributed by atoms with Crippen LogP contribution in [0.15, 0.2) is 0 Å². The lowest BCUT2D eigenvalue weighted by atomic mass is 10.0. The number of alkyl halides is 1. The van der Waals surface area contributed by atoms with E-state index in [9.17, 15) is 14.1 Å². The molecule has 1 aliphatic rings. The van der Waals surface area contributed by atoms with E-state index in [0.717, 1.165) is 0 Å². The van der Waals surface area contributed by atoms with E-state index in [2.05, 4.69) is 9.26 Å². The maximum Gasteiger partial charge on any atom is 0.469 e. The molecule has 5 atom stereocenters. The van der Waals surface area contributed by atoms with Crippen molar-refractivity contribution in [3.05, 3.63) is 0 Å². The largest absolute Gasteiger partial charge is 0.469 e. The molecule has 3 unspecified atom stereocenters. The van der Waals surface area contributed by atoms with Crippen molar-refractivity contribution in [2.75, 3.05) is 6.61 Å². The minimum absolute atomic E-state index is 0.785. The Morgan fingerprint density at radius 1 is 1.25 bits per heavy atom. The summed E-state index contributed by atoms with van der Waals surface area (Å²) >= 11 is 0. The van der Waals surface area contributed by atoms with Gasteiger partial charge in [0.15, 0.2) is 12.5 Å². The number of hydrogen-bond donors (Lipinski definition) is 5. The summed E-state index contributed by atoms with van der Waals surface area (Å²) in [5.41, 5.74) is 0. The Kier molecular flexibility index (Phi) is 4.38. The monoisotopic (exact) mass is 262 g/mol. The Hall–Kier alpha value is -0.120. The van der Waals surface area contributed by atoms with Crippen molar-refractivity contribution in [1.29, 1.82) is 0 Å². The second kappa shape index (κ2) is 5.03. The number of halogens is 1. The molecule has 0 aromatic heterocycles. The van der Waals surface area contributed by atoms with Gasteiger partial charge in [-0.05, 0) is 0 Å². The van der Waals surface area contributed by atoms with E-state index in [1.54, 1.807) is 0 Å². The van der Waals surface area contributed by atoms with Crippen LogP contribution in [0.5, 0.6) is 0 Å². The predicted molar refractivity (Wildman–Crippen MR) is 45.8 cm³/mol. The highest BCUT2D eigenvalue weighted by Gasteiger charge is 2.44. The first kappa shape index (κ1) is 13.9. The first-order valence-corrected chi connectivity index (χ1v) is 5.79. The van der Waals surface area contributed by atoms with E-state index in [4.69, 9.17) is 20.0 Å². The minimum atomic E-state index is -4.76. The van der Waals surface area contributed by atoms with Crippen LogP contribution in [0.1, 0.15) is 0 Å². The lowest BCUT2D eigenvalue weighted by Gasteiger charge is -2.36. The molecular formula is C6H12FO8P. The molecule has 10 heteroatoms. The van der Waals surface area contributed by atoms with Gasteiger partial charge >= 0.3 is 7.82 Å². The van der Waals surface area contributed by atoms with Crippen molar-refractivity contribution in [1.82, 2.24) is 0 Å². The lowest BCUT2D eigenvalue weighted by molar-refractivity contribution is -0.270. The summed E-state index contributed by atoms with van der Waals surface area (Å²) in [6.45, 7) is -0.785. The van der Waals surface area contributed by atoms with Crippen molar-refractivity contribution < 1.29 is 43.3 Å². The Morgan fingerprint density at radius 2 is 1.81 bits per heavy atom. The van der Waals surface area contributed by atoms with Crippen molar-refractivity contribution in [2.45, 2.75) is 30.8 Å². The van der Waals surface area contributed by atoms with Gasteiger partial charge < -0.3 is 29.8 Å². The van der Waals surface area contributed by atoms with Crippen molar-refractivity contribution >= 4 is 7.82 Å². The lowest BCUT2D eigenvalue weighted by Crippen LogP contribution is -2.57. The van der Waals surface area contributed by atoms with Crippen LogP contribution in [0.4, 0.5) is 4.39 Å². The summed E-state index contributed by atoms with van der Waals surface area (Å²) < 4.78 is 31.7. The topological polar surface area (TPSA) is 137 Å². The smallest absolute Gasteiger partial charge is 0.387 e. The van der Waals surface area contributed by atoms with Gasteiger partial charge in [-0.25, -0.2) is 8.96 Å². The van der Waals surface area contributed by atoms with Crippen LogP contribution < -0.4 is 0 Å². The van der Waals surface area contributed by atoms with Crippen LogP contribution in [0.2, 0.25) is 0 Å². The third-order valence-corrected chi connectivity index (χ3v) is 2.54. The van der Waals surface area contributed by atoms with Crippen LogP contribution in [-0.4, -0.2) is 62.5 Å². The Bertz CT molecular complexity index is 282. The fraction of sp³-hybridized carbons (Fsp3) is 1.00. The van der Waals surface area contributed by atoms with Gasteiger partial charge in [0.1, 0.15) is 18.3 Å². The number of ether oxygens (including phenoxy) is 1. The predicted octanol–water partition coefficient (Wildman–Crippen LogP) is -2.13. The number of aliphatic hydroxyl groups is 3. The molecule has 1 heterocycles. The molecule has 96 valence electrons. The molecule has 0 aliphatic carbocycles. The molecule has 5 N–H and O–H groups in total. The molecule has 16 heavy (non-hydrogen) atoms. The van der Waals surface area contributed by atoms with Gasteiger partial charge in [-0.15, -0.1) is 0 Å². The third kappa shape index (κ3) is 3.44. The van der Waals surface area contributed by atoms with Gasteiger partial charge in [0.2, 0.25) is 0 Å². The van der Waals surface area contributed by atoms with E-state index >= 15 is 0 Å². The molecule has 0 bridgehead atoms. The fourth-order valence-electron chi connectivity index (χ4n) is 1.22. The zero-order valence-electron chi connectivity index (χ0n) is 7.88. The molecule has 0 saturated carbocycles. The van der Waals surface area contributed by atoms with E-state index in [0.29, 0.717) is 0 Å². The van der Waals surface area contributed by atoms with Crippen LogP contribution in [0, 0.1) is 0 Å². The molecule has 1 saturated heterocycles. The van der Waals surface area contributed by atoms with Crippen LogP contribution in [-0.2, 0) is 13.8 Å².